The maximum Gasteiger partial charge on any atom is -0.00514 e. The van der Waals surface area contributed by atoms with Gasteiger partial charge in [-0.2, -0.15) is 0 Å². The van der Waals surface area contributed by atoms with Gasteiger partial charge in [-0.1, -0.05) is 46.5 Å². The molecule has 0 aliphatic heterocycles. The van der Waals surface area contributed by atoms with Crippen LogP contribution in [-0.4, -0.2) is 6.54 Å². The van der Waals surface area contributed by atoms with Crippen LogP contribution in [0.4, 0.5) is 0 Å². The van der Waals surface area contributed by atoms with Crippen molar-refractivity contribution in [2.75, 3.05) is 6.54 Å². The molecule has 0 aliphatic carbocycles. The Bertz CT molecular complexity index is 91.0. The second-order valence-corrected chi connectivity index (χ2v) is 4.18. The number of hydrogen-bond donors (Lipinski definition) is 1. The third-order valence-electron chi connectivity index (χ3n) is 2.51. The first-order chi connectivity index (χ1) is 5.70. The second kappa shape index (κ2) is 7.60. The van der Waals surface area contributed by atoms with Gasteiger partial charge in [0.05, 0.1) is 0 Å². The molecule has 2 N–H and O–H groups in total. The molecular formula is C11H25N. The molecule has 0 fully saturated rings. The van der Waals surface area contributed by atoms with Crippen LogP contribution in [0.2, 0.25) is 0 Å². The molecule has 1 heteroatoms. The summed E-state index contributed by atoms with van der Waals surface area (Å²) in [5, 5.41) is 0. The number of rotatable bonds is 7. The van der Waals surface area contributed by atoms with E-state index < -0.39 is 0 Å². The molecule has 0 bridgehead atoms. The maximum absolute atomic E-state index is 5.58. The van der Waals surface area contributed by atoms with E-state index in [1.165, 1.54) is 32.1 Å². The first-order valence-electron chi connectivity index (χ1n) is 5.40. The average Bonchev–Trinajstić information content (AvgIpc) is 2.05. The van der Waals surface area contributed by atoms with E-state index in [0.717, 1.165) is 12.5 Å². The molecule has 0 rings (SSSR count). The Morgan fingerprint density at radius 3 is 2.25 bits per heavy atom. The Morgan fingerprint density at radius 2 is 1.75 bits per heavy atom. The van der Waals surface area contributed by atoms with Crippen molar-refractivity contribution < 1.29 is 0 Å². The summed E-state index contributed by atoms with van der Waals surface area (Å²) in [5.74, 6) is 1.58. The van der Waals surface area contributed by atoms with Gasteiger partial charge in [-0.05, 0) is 24.8 Å². The van der Waals surface area contributed by atoms with Gasteiger partial charge in [-0.3, -0.25) is 0 Å². The van der Waals surface area contributed by atoms with Gasteiger partial charge in [-0.15, -0.1) is 0 Å². The van der Waals surface area contributed by atoms with Gasteiger partial charge in [0.25, 0.3) is 0 Å². The monoisotopic (exact) mass is 171 g/mol. The Kier molecular flexibility index (Phi) is 7.58. The number of hydrogen-bond acceptors (Lipinski definition) is 1. The van der Waals surface area contributed by atoms with Gasteiger partial charge in [-0.25, -0.2) is 0 Å². The molecular weight excluding hydrogens is 146 g/mol. The number of unbranched alkanes of at least 4 members (excludes halogenated alkanes) is 2. The topological polar surface area (TPSA) is 26.0 Å². The van der Waals surface area contributed by atoms with Crippen molar-refractivity contribution in [2.45, 2.75) is 52.9 Å². The van der Waals surface area contributed by atoms with E-state index in [2.05, 4.69) is 20.8 Å². The minimum atomic E-state index is 0.710. The van der Waals surface area contributed by atoms with Crippen molar-refractivity contribution in [3.63, 3.8) is 0 Å². The molecule has 0 spiro atoms. The van der Waals surface area contributed by atoms with E-state index in [0.29, 0.717) is 5.92 Å². The van der Waals surface area contributed by atoms with E-state index in [4.69, 9.17) is 5.73 Å². The third kappa shape index (κ3) is 6.66. The van der Waals surface area contributed by atoms with Crippen LogP contribution in [0.1, 0.15) is 52.9 Å². The lowest BCUT2D eigenvalue weighted by Crippen LogP contribution is -2.13. The fourth-order valence-electron chi connectivity index (χ4n) is 1.64. The van der Waals surface area contributed by atoms with Gasteiger partial charge in [0.1, 0.15) is 0 Å². The largest absolute Gasteiger partial charge is 0.330 e. The first-order valence-corrected chi connectivity index (χ1v) is 5.40. The summed E-state index contributed by atoms with van der Waals surface area (Å²) in [4.78, 5) is 0. The Morgan fingerprint density at radius 1 is 1.08 bits per heavy atom. The van der Waals surface area contributed by atoms with Gasteiger partial charge < -0.3 is 5.73 Å². The van der Waals surface area contributed by atoms with Crippen molar-refractivity contribution in [1.29, 1.82) is 0 Å². The fourth-order valence-corrected chi connectivity index (χ4v) is 1.64. The standard InChI is InChI=1S/C11H25N/c1-4-5-6-7-10(2)8-11(3)9-12/h10-11H,4-9,12H2,1-3H3. The van der Waals surface area contributed by atoms with Crippen LogP contribution in [0.5, 0.6) is 0 Å². The van der Waals surface area contributed by atoms with Gasteiger partial charge in [0.2, 0.25) is 0 Å². The van der Waals surface area contributed by atoms with E-state index in [9.17, 15) is 0 Å². The molecule has 1 nitrogen and oxygen atoms in total. The van der Waals surface area contributed by atoms with Crippen LogP contribution in [-0.2, 0) is 0 Å². The third-order valence-corrected chi connectivity index (χ3v) is 2.51. The molecule has 0 heterocycles. The average molecular weight is 171 g/mol. The van der Waals surface area contributed by atoms with Crippen molar-refractivity contribution in [2.24, 2.45) is 17.6 Å². The molecule has 2 unspecified atom stereocenters. The summed E-state index contributed by atoms with van der Waals surface area (Å²) in [5.41, 5.74) is 5.58. The minimum absolute atomic E-state index is 0.710. The van der Waals surface area contributed by atoms with Crippen molar-refractivity contribution in [3.8, 4) is 0 Å². The zero-order valence-electron chi connectivity index (χ0n) is 8.97. The minimum Gasteiger partial charge on any atom is -0.330 e. The van der Waals surface area contributed by atoms with E-state index in [1.807, 2.05) is 0 Å². The Labute approximate surface area is 77.7 Å². The van der Waals surface area contributed by atoms with Crippen LogP contribution in [0.3, 0.4) is 0 Å². The van der Waals surface area contributed by atoms with Gasteiger partial charge in [0.15, 0.2) is 0 Å². The normalized spacial score (nSPS) is 16.0. The Balaban J connectivity index is 3.26. The highest BCUT2D eigenvalue weighted by molar-refractivity contribution is 4.60. The van der Waals surface area contributed by atoms with Crippen molar-refractivity contribution in [1.82, 2.24) is 0 Å². The molecule has 0 saturated carbocycles. The lowest BCUT2D eigenvalue weighted by atomic mass is 9.93. The highest BCUT2D eigenvalue weighted by Crippen LogP contribution is 2.17. The lowest BCUT2D eigenvalue weighted by molar-refractivity contribution is 0.388. The van der Waals surface area contributed by atoms with Crippen molar-refractivity contribution in [3.05, 3.63) is 0 Å². The second-order valence-electron chi connectivity index (χ2n) is 4.18. The predicted octanol–water partition coefficient (Wildman–Crippen LogP) is 3.19. The SMILES string of the molecule is CCCCCC(C)CC(C)CN. The van der Waals surface area contributed by atoms with Gasteiger partial charge in [0, 0.05) is 0 Å². The zero-order chi connectivity index (χ0) is 9.40. The quantitative estimate of drug-likeness (QED) is 0.585. The lowest BCUT2D eigenvalue weighted by Gasteiger charge is -2.15. The summed E-state index contributed by atoms with van der Waals surface area (Å²) in [6.45, 7) is 7.70. The van der Waals surface area contributed by atoms with E-state index in [1.54, 1.807) is 0 Å². The predicted molar refractivity (Wildman–Crippen MR) is 56.1 cm³/mol. The van der Waals surface area contributed by atoms with E-state index >= 15 is 0 Å². The van der Waals surface area contributed by atoms with Crippen LogP contribution < -0.4 is 5.73 Å². The van der Waals surface area contributed by atoms with Crippen LogP contribution >= 0.6 is 0 Å². The first kappa shape index (κ1) is 12.0. The maximum atomic E-state index is 5.58. The van der Waals surface area contributed by atoms with Crippen LogP contribution in [0, 0.1) is 11.8 Å². The highest BCUT2D eigenvalue weighted by Gasteiger charge is 2.06. The van der Waals surface area contributed by atoms with Crippen LogP contribution in [0.15, 0.2) is 0 Å². The Hall–Kier alpha value is -0.0400. The molecule has 0 aromatic carbocycles. The van der Waals surface area contributed by atoms with Crippen LogP contribution in [0.25, 0.3) is 0 Å². The smallest absolute Gasteiger partial charge is 0.00514 e. The van der Waals surface area contributed by atoms with Crippen molar-refractivity contribution >= 4 is 0 Å². The highest BCUT2D eigenvalue weighted by atomic mass is 14.5. The fraction of sp³-hybridized carbons (Fsp3) is 1.00. The van der Waals surface area contributed by atoms with E-state index in [-0.39, 0.29) is 0 Å². The molecule has 0 radical (unpaired) electrons. The molecule has 0 amide bonds. The molecule has 2 atom stereocenters. The summed E-state index contributed by atoms with van der Waals surface area (Å²) in [6.07, 6.45) is 6.81. The molecule has 0 aromatic rings. The zero-order valence-corrected chi connectivity index (χ0v) is 8.97. The molecule has 74 valence electrons. The molecule has 0 saturated heterocycles. The molecule has 0 aromatic heterocycles. The summed E-state index contributed by atoms with van der Waals surface area (Å²) in [6, 6.07) is 0. The summed E-state index contributed by atoms with van der Waals surface area (Å²) in [7, 11) is 0. The summed E-state index contributed by atoms with van der Waals surface area (Å²) >= 11 is 0. The molecule has 12 heavy (non-hydrogen) atoms. The summed E-state index contributed by atoms with van der Waals surface area (Å²) < 4.78 is 0. The number of nitrogens with two attached hydrogens (primary N) is 1. The molecule has 0 aliphatic rings. The van der Waals surface area contributed by atoms with Gasteiger partial charge >= 0.3 is 0 Å².